The van der Waals surface area contributed by atoms with E-state index in [4.69, 9.17) is 17.3 Å². The van der Waals surface area contributed by atoms with Crippen LogP contribution in [0.2, 0.25) is 5.02 Å². The number of hydrogen-bond acceptors (Lipinski definition) is 4. The molecule has 0 spiro atoms. The maximum atomic E-state index is 12.3. The van der Waals surface area contributed by atoms with Gasteiger partial charge in [-0.2, -0.15) is 0 Å². The Morgan fingerprint density at radius 3 is 2.63 bits per heavy atom. The molecule has 19 heavy (non-hydrogen) atoms. The molecule has 1 unspecified atom stereocenters. The Hall–Kier alpha value is -1.08. The summed E-state index contributed by atoms with van der Waals surface area (Å²) in [6, 6.07) is 8.03. The summed E-state index contributed by atoms with van der Waals surface area (Å²) in [7, 11) is -3.75. The second-order valence-corrected chi connectivity index (χ2v) is 7.05. The second kappa shape index (κ2) is 5.50. The van der Waals surface area contributed by atoms with Crippen LogP contribution in [0.5, 0.6) is 0 Å². The number of nitrogens with two attached hydrogens (primary N) is 1. The van der Waals surface area contributed by atoms with E-state index < -0.39 is 10.0 Å². The number of hydrogen-bond donors (Lipinski definition) is 2. The van der Waals surface area contributed by atoms with Crippen LogP contribution in [0.25, 0.3) is 0 Å². The molecule has 0 fully saturated rings. The van der Waals surface area contributed by atoms with Gasteiger partial charge in [-0.3, -0.25) is 0 Å². The Morgan fingerprint density at radius 1 is 1.32 bits per heavy atom. The maximum Gasteiger partial charge on any atom is 0.244 e. The lowest BCUT2D eigenvalue weighted by Gasteiger charge is -2.15. The first-order chi connectivity index (χ1) is 8.92. The van der Waals surface area contributed by atoms with E-state index in [1.54, 1.807) is 13.0 Å². The summed E-state index contributed by atoms with van der Waals surface area (Å²) in [5, 5.41) is 2.01. The van der Waals surface area contributed by atoms with E-state index in [1.807, 2.05) is 17.5 Å². The number of benzene rings is 1. The van der Waals surface area contributed by atoms with Crippen molar-refractivity contribution in [1.29, 1.82) is 0 Å². The summed E-state index contributed by atoms with van der Waals surface area (Å²) in [5.41, 5.74) is 5.84. The third-order valence-corrected chi connectivity index (χ3v) is 5.71. The summed E-state index contributed by atoms with van der Waals surface area (Å²) >= 11 is 7.41. The van der Waals surface area contributed by atoms with Crippen molar-refractivity contribution in [3.8, 4) is 0 Å². The molecule has 0 radical (unpaired) electrons. The van der Waals surface area contributed by atoms with Crippen molar-refractivity contribution in [3.05, 3.63) is 45.6 Å². The first kappa shape index (κ1) is 14.3. The Kier molecular flexibility index (Phi) is 4.15. The molecular formula is C12H13ClN2O2S2. The van der Waals surface area contributed by atoms with Gasteiger partial charge in [0.05, 0.1) is 16.8 Å². The third-order valence-electron chi connectivity index (χ3n) is 2.57. The number of halogens is 1. The number of thiophene rings is 1. The van der Waals surface area contributed by atoms with Crippen molar-refractivity contribution in [1.82, 2.24) is 4.72 Å². The van der Waals surface area contributed by atoms with E-state index in [1.165, 1.54) is 23.5 Å². The van der Waals surface area contributed by atoms with Crippen LogP contribution in [0.3, 0.4) is 0 Å². The molecule has 0 amide bonds. The van der Waals surface area contributed by atoms with Crippen LogP contribution in [0.1, 0.15) is 17.8 Å². The Balaban J connectivity index is 2.33. The average Bonchev–Trinajstić information content (AvgIpc) is 2.80. The van der Waals surface area contributed by atoms with Crippen LogP contribution in [0.4, 0.5) is 5.69 Å². The summed E-state index contributed by atoms with van der Waals surface area (Å²) in [5.74, 6) is 0. The average molecular weight is 317 g/mol. The van der Waals surface area contributed by atoms with Gasteiger partial charge in [0.1, 0.15) is 4.90 Å². The zero-order valence-electron chi connectivity index (χ0n) is 10.1. The van der Waals surface area contributed by atoms with Gasteiger partial charge in [-0.25, -0.2) is 13.1 Å². The van der Waals surface area contributed by atoms with Gasteiger partial charge in [-0.05, 0) is 30.5 Å². The molecule has 0 bridgehead atoms. The smallest absolute Gasteiger partial charge is 0.244 e. The lowest BCUT2D eigenvalue weighted by molar-refractivity contribution is 0.569. The Labute approximate surface area is 121 Å². The number of rotatable bonds is 4. The minimum absolute atomic E-state index is 0.0694. The number of nitrogen functional groups attached to an aromatic ring is 1. The molecule has 2 rings (SSSR count). The first-order valence-electron chi connectivity index (χ1n) is 5.51. The molecule has 4 nitrogen and oxygen atoms in total. The Bertz CT molecular complexity index is 649. The zero-order chi connectivity index (χ0) is 14.0. The molecule has 0 aliphatic rings. The van der Waals surface area contributed by atoms with Crippen molar-refractivity contribution >= 4 is 38.6 Å². The second-order valence-electron chi connectivity index (χ2n) is 4.02. The highest BCUT2D eigenvalue weighted by Crippen LogP contribution is 2.29. The molecule has 0 saturated carbocycles. The van der Waals surface area contributed by atoms with Crippen LogP contribution in [-0.2, 0) is 10.0 Å². The fourth-order valence-electron chi connectivity index (χ4n) is 1.70. The highest BCUT2D eigenvalue weighted by molar-refractivity contribution is 7.89. The maximum absolute atomic E-state index is 12.3. The van der Waals surface area contributed by atoms with Gasteiger partial charge in [-0.15, -0.1) is 11.3 Å². The van der Waals surface area contributed by atoms with E-state index in [0.29, 0.717) is 0 Å². The van der Waals surface area contributed by atoms with Crippen molar-refractivity contribution < 1.29 is 8.42 Å². The standard InChI is InChI=1S/C12H13ClN2O2S2/c1-8(11-6-3-7-18-11)15-19(16,17)12-9(13)4-2-5-10(12)14/h2-8,15H,14H2,1H3. The van der Waals surface area contributed by atoms with E-state index in [-0.39, 0.29) is 21.6 Å². The molecule has 0 saturated heterocycles. The number of nitrogens with one attached hydrogen (secondary N) is 1. The zero-order valence-corrected chi connectivity index (χ0v) is 12.5. The van der Waals surface area contributed by atoms with Crippen molar-refractivity contribution in [3.63, 3.8) is 0 Å². The van der Waals surface area contributed by atoms with Crippen molar-refractivity contribution in [2.75, 3.05) is 5.73 Å². The number of anilines is 1. The first-order valence-corrected chi connectivity index (χ1v) is 8.25. The highest BCUT2D eigenvalue weighted by Gasteiger charge is 2.23. The predicted molar refractivity (Wildman–Crippen MR) is 78.9 cm³/mol. The highest BCUT2D eigenvalue weighted by atomic mass is 35.5. The van der Waals surface area contributed by atoms with Gasteiger partial charge in [0.25, 0.3) is 0 Å². The monoisotopic (exact) mass is 316 g/mol. The molecule has 1 aromatic heterocycles. The van der Waals surface area contributed by atoms with Crippen LogP contribution in [0, 0.1) is 0 Å². The van der Waals surface area contributed by atoms with Crippen LogP contribution >= 0.6 is 22.9 Å². The number of sulfonamides is 1. The van der Waals surface area contributed by atoms with Gasteiger partial charge in [0.15, 0.2) is 0 Å². The van der Waals surface area contributed by atoms with Gasteiger partial charge < -0.3 is 5.73 Å². The predicted octanol–water partition coefficient (Wildman–Crippen LogP) is 3.02. The van der Waals surface area contributed by atoms with Crippen LogP contribution in [-0.4, -0.2) is 8.42 Å². The van der Waals surface area contributed by atoms with Crippen molar-refractivity contribution in [2.45, 2.75) is 17.9 Å². The van der Waals surface area contributed by atoms with Gasteiger partial charge in [0.2, 0.25) is 10.0 Å². The van der Waals surface area contributed by atoms with Gasteiger partial charge >= 0.3 is 0 Å². The summed E-state index contributed by atoms with van der Waals surface area (Å²) in [6.07, 6.45) is 0. The van der Waals surface area contributed by atoms with E-state index in [9.17, 15) is 8.42 Å². The van der Waals surface area contributed by atoms with E-state index >= 15 is 0 Å². The minimum atomic E-state index is -3.75. The molecule has 1 atom stereocenters. The molecular weight excluding hydrogens is 304 g/mol. The third kappa shape index (κ3) is 3.09. The summed E-state index contributed by atoms with van der Waals surface area (Å²) in [6.45, 7) is 1.77. The molecule has 1 heterocycles. The lowest BCUT2D eigenvalue weighted by Crippen LogP contribution is -2.27. The Morgan fingerprint density at radius 2 is 2.05 bits per heavy atom. The topological polar surface area (TPSA) is 72.2 Å². The molecule has 2 aromatic rings. The molecule has 3 N–H and O–H groups in total. The van der Waals surface area contributed by atoms with Gasteiger partial charge in [-0.1, -0.05) is 23.7 Å². The van der Waals surface area contributed by atoms with Crippen LogP contribution < -0.4 is 10.5 Å². The minimum Gasteiger partial charge on any atom is -0.398 e. The van der Waals surface area contributed by atoms with Crippen LogP contribution in [0.15, 0.2) is 40.6 Å². The SMILES string of the molecule is CC(NS(=O)(=O)c1c(N)cccc1Cl)c1cccs1. The quantitative estimate of drug-likeness (QED) is 0.852. The molecule has 1 aromatic carbocycles. The molecule has 0 aliphatic carbocycles. The fraction of sp³-hybridized carbons (Fsp3) is 0.167. The summed E-state index contributed by atoms with van der Waals surface area (Å²) < 4.78 is 27.2. The summed E-state index contributed by atoms with van der Waals surface area (Å²) in [4.78, 5) is 0.856. The normalized spacial score (nSPS) is 13.4. The lowest BCUT2D eigenvalue weighted by atomic mass is 10.3. The molecule has 0 aliphatic heterocycles. The fourth-order valence-corrected chi connectivity index (χ4v) is 4.41. The van der Waals surface area contributed by atoms with E-state index in [2.05, 4.69) is 4.72 Å². The van der Waals surface area contributed by atoms with Gasteiger partial charge in [0, 0.05) is 4.88 Å². The van der Waals surface area contributed by atoms with Crippen molar-refractivity contribution in [2.24, 2.45) is 0 Å². The molecule has 7 heteroatoms. The molecule has 102 valence electrons. The largest absolute Gasteiger partial charge is 0.398 e. The van der Waals surface area contributed by atoms with E-state index in [0.717, 1.165) is 4.88 Å².